The Morgan fingerprint density at radius 1 is 1.00 bits per heavy atom. The van der Waals surface area contributed by atoms with Gasteiger partial charge >= 0.3 is 5.97 Å². The van der Waals surface area contributed by atoms with Crippen molar-refractivity contribution in [2.75, 3.05) is 13.7 Å². The first-order chi connectivity index (χ1) is 16.3. The number of hydrogen-bond acceptors (Lipinski definition) is 7. The number of carbonyl (C=O) groups is 2. The van der Waals surface area contributed by atoms with Crippen LogP contribution in [0.15, 0.2) is 82.8 Å². The molecule has 3 rings (SSSR count). The lowest BCUT2D eigenvalue weighted by molar-refractivity contribution is -0.119. The van der Waals surface area contributed by atoms with Crippen LogP contribution in [0.3, 0.4) is 0 Å². The number of rotatable bonds is 9. The summed E-state index contributed by atoms with van der Waals surface area (Å²) in [5.74, 6) is -0.876. The van der Waals surface area contributed by atoms with E-state index in [4.69, 9.17) is 21.1 Å². The Labute approximate surface area is 201 Å². The second-order valence-electron chi connectivity index (χ2n) is 6.71. The van der Waals surface area contributed by atoms with Gasteiger partial charge in [0, 0.05) is 0 Å². The molecule has 0 saturated carbocycles. The van der Waals surface area contributed by atoms with Gasteiger partial charge in [-0.1, -0.05) is 41.9 Å². The lowest BCUT2D eigenvalue weighted by Gasteiger charge is -2.10. The van der Waals surface area contributed by atoms with Crippen LogP contribution in [0.1, 0.15) is 15.9 Å². The minimum absolute atomic E-state index is 0.0497. The van der Waals surface area contributed by atoms with Crippen molar-refractivity contribution >= 4 is 39.7 Å². The molecule has 0 saturated heterocycles. The summed E-state index contributed by atoms with van der Waals surface area (Å²) in [5.41, 5.74) is 2.97. The molecule has 0 bridgehead atoms. The van der Waals surface area contributed by atoms with Gasteiger partial charge in [0.1, 0.15) is 0 Å². The maximum absolute atomic E-state index is 12.4. The summed E-state index contributed by atoms with van der Waals surface area (Å²) in [5, 5.41) is 4.06. The molecule has 2 N–H and O–H groups in total. The lowest BCUT2D eigenvalue weighted by Crippen LogP contribution is -2.34. The van der Waals surface area contributed by atoms with Crippen molar-refractivity contribution < 1.29 is 27.5 Å². The zero-order valence-corrected chi connectivity index (χ0v) is 19.5. The maximum Gasteiger partial charge on any atom is 0.345 e. The number of ether oxygens (including phenoxy) is 2. The van der Waals surface area contributed by atoms with Crippen molar-refractivity contribution in [3.8, 4) is 11.5 Å². The summed E-state index contributed by atoms with van der Waals surface area (Å²) in [6.07, 6.45) is 1.33. The molecule has 11 heteroatoms. The average molecular weight is 502 g/mol. The summed E-state index contributed by atoms with van der Waals surface area (Å²) in [4.78, 5) is 24.3. The van der Waals surface area contributed by atoms with Gasteiger partial charge in [-0.05, 0) is 48.0 Å². The van der Waals surface area contributed by atoms with E-state index in [1.807, 2.05) is 0 Å². The fraction of sp³-hybridized carbons (Fsp3) is 0.0870. The van der Waals surface area contributed by atoms with Crippen molar-refractivity contribution in [3.63, 3.8) is 0 Å². The van der Waals surface area contributed by atoms with Gasteiger partial charge in [-0.2, -0.15) is 5.10 Å². The minimum Gasteiger partial charge on any atom is -0.493 e. The predicted molar refractivity (Wildman–Crippen MR) is 127 cm³/mol. The highest BCUT2D eigenvalue weighted by atomic mass is 35.5. The molecule has 0 aliphatic carbocycles. The number of benzene rings is 3. The first-order valence-corrected chi connectivity index (χ1v) is 11.7. The van der Waals surface area contributed by atoms with Gasteiger partial charge in [-0.25, -0.2) is 23.4 Å². The topological polar surface area (TPSA) is 123 Å². The second kappa shape index (κ2) is 11.4. The van der Waals surface area contributed by atoms with Crippen molar-refractivity contribution in [3.05, 3.63) is 88.9 Å². The first kappa shape index (κ1) is 24.9. The highest BCUT2D eigenvalue weighted by molar-refractivity contribution is 7.89. The molecule has 9 nitrogen and oxygen atoms in total. The third-order valence-electron chi connectivity index (χ3n) is 4.36. The highest BCUT2D eigenvalue weighted by Gasteiger charge is 2.16. The predicted octanol–water partition coefficient (Wildman–Crippen LogP) is 3.00. The van der Waals surface area contributed by atoms with Gasteiger partial charge in [-0.15, -0.1) is 0 Å². The molecule has 0 aliphatic rings. The van der Waals surface area contributed by atoms with Crippen LogP contribution in [-0.2, 0) is 14.8 Å². The minimum atomic E-state index is -3.81. The van der Waals surface area contributed by atoms with Gasteiger partial charge in [0.2, 0.25) is 10.0 Å². The Bertz CT molecular complexity index is 1310. The monoisotopic (exact) mass is 501 g/mol. The second-order valence-corrected chi connectivity index (χ2v) is 8.88. The maximum atomic E-state index is 12.4. The molecule has 3 aromatic rings. The van der Waals surface area contributed by atoms with E-state index in [0.717, 1.165) is 0 Å². The quantitative estimate of drug-likeness (QED) is 0.201. The van der Waals surface area contributed by atoms with Crippen LogP contribution in [0.2, 0.25) is 5.02 Å². The molecule has 0 radical (unpaired) electrons. The molecular formula is C23H20ClN3O6S. The molecule has 34 heavy (non-hydrogen) atoms. The van der Waals surface area contributed by atoms with E-state index in [9.17, 15) is 18.0 Å². The normalized spacial score (nSPS) is 11.2. The molecule has 0 unspecified atom stereocenters. The third-order valence-corrected chi connectivity index (χ3v) is 6.11. The Kier molecular flexibility index (Phi) is 8.36. The van der Waals surface area contributed by atoms with E-state index in [2.05, 4.69) is 15.2 Å². The molecule has 0 spiro atoms. The number of esters is 1. The van der Waals surface area contributed by atoms with Gasteiger partial charge in [-0.3, -0.25) is 4.79 Å². The Morgan fingerprint density at radius 2 is 1.71 bits per heavy atom. The number of carbonyl (C=O) groups excluding carboxylic acids is 2. The summed E-state index contributed by atoms with van der Waals surface area (Å²) < 4.78 is 37.1. The number of methoxy groups -OCH3 is 1. The van der Waals surface area contributed by atoms with E-state index in [0.29, 0.717) is 5.56 Å². The van der Waals surface area contributed by atoms with Gasteiger partial charge in [0.05, 0.1) is 35.4 Å². The van der Waals surface area contributed by atoms with Crippen LogP contribution in [-0.4, -0.2) is 40.2 Å². The summed E-state index contributed by atoms with van der Waals surface area (Å²) in [6.45, 7) is -0.491. The lowest BCUT2D eigenvalue weighted by atomic mass is 10.2. The van der Waals surface area contributed by atoms with Crippen molar-refractivity contribution in [1.29, 1.82) is 0 Å². The van der Waals surface area contributed by atoms with E-state index >= 15 is 0 Å². The number of sulfonamides is 1. The van der Waals surface area contributed by atoms with Crippen molar-refractivity contribution in [1.82, 2.24) is 10.1 Å². The molecular weight excluding hydrogens is 482 g/mol. The van der Waals surface area contributed by atoms with Crippen LogP contribution in [0.5, 0.6) is 11.5 Å². The van der Waals surface area contributed by atoms with E-state index in [-0.39, 0.29) is 27.0 Å². The number of hydrogen-bond donors (Lipinski definition) is 2. The van der Waals surface area contributed by atoms with Crippen LogP contribution in [0.4, 0.5) is 0 Å². The Balaban J connectivity index is 1.58. The number of nitrogens with zero attached hydrogens (tertiary/aromatic N) is 1. The van der Waals surface area contributed by atoms with Crippen molar-refractivity contribution in [2.45, 2.75) is 4.90 Å². The molecule has 1 amide bonds. The van der Waals surface area contributed by atoms with Gasteiger partial charge < -0.3 is 9.47 Å². The average Bonchev–Trinajstić information content (AvgIpc) is 2.84. The zero-order chi connectivity index (χ0) is 24.6. The number of hydrazone groups is 1. The van der Waals surface area contributed by atoms with Crippen LogP contribution in [0.25, 0.3) is 0 Å². The number of nitrogens with one attached hydrogen (secondary N) is 2. The highest BCUT2D eigenvalue weighted by Crippen LogP contribution is 2.29. The molecule has 0 atom stereocenters. The molecule has 0 aromatic heterocycles. The summed E-state index contributed by atoms with van der Waals surface area (Å²) >= 11 is 6.02. The van der Waals surface area contributed by atoms with Gasteiger partial charge in [0.15, 0.2) is 11.5 Å². The first-order valence-electron chi connectivity index (χ1n) is 9.81. The van der Waals surface area contributed by atoms with Gasteiger partial charge in [0.25, 0.3) is 5.91 Å². The fourth-order valence-corrected chi connectivity index (χ4v) is 3.91. The summed E-state index contributed by atoms with van der Waals surface area (Å²) in [6, 6.07) is 18.8. The Hall–Kier alpha value is -3.73. The third kappa shape index (κ3) is 6.64. The molecule has 176 valence electrons. The standard InChI is InChI=1S/C23H20ClN3O6S/c1-32-21-13-16(11-12-20(21)33-23(29)18-9-5-6-10-19(18)24)14-25-27-22(28)15-26-34(30,31)17-7-3-2-4-8-17/h2-14,26H,15H2,1H3,(H,27,28)/b25-14+. The molecule has 0 aliphatic heterocycles. The Morgan fingerprint density at radius 3 is 2.41 bits per heavy atom. The van der Waals surface area contributed by atoms with Crippen LogP contribution >= 0.6 is 11.6 Å². The fourth-order valence-electron chi connectivity index (χ4n) is 2.69. The molecule has 0 fully saturated rings. The summed E-state index contributed by atoms with van der Waals surface area (Å²) in [7, 11) is -2.40. The van der Waals surface area contributed by atoms with Crippen LogP contribution < -0.4 is 19.6 Å². The number of amides is 1. The van der Waals surface area contributed by atoms with E-state index in [1.54, 1.807) is 54.6 Å². The molecule has 0 heterocycles. The van der Waals surface area contributed by atoms with Crippen LogP contribution in [0, 0.1) is 0 Å². The largest absolute Gasteiger partial charge is 0.493 e. The molecule has 3 aromatic carbocycles. The smallest absolute Gasteiger partial charge is 0.345 e. The zero-order valence-electron chi connectivity index (χ0n) is 17.9. The SMILES string of the molecule is COc1cc(/C=N/NC(=O)CNS(=O)(=O)c2ccccc2)ccc1OC(=O)c1ccccc1Cl. The van der Waals surface area contributed by atoms with E-state index < -0.39 is 28.4 Å². The number of halogens is 1. The van der Waals surface area contributed by atoms with E-state index in [1.165, 1.54) is 31.5 Å². The van der Waals surface area contributed by atoms with Crippen molar-refractivity contribution in [2.24, 2.45) is 5.10 Å².